The molecule has 0 aliphatic heterocycles. The molecular weight excluding hydrogens is 290 g/mol. The van der Waals surface area contributed by atoms with E-state index in [1.165, 1.54) is 6.26 Å². The first-order valence-corrected chi connectivity index (χ1v) is 9.14. The van der Waals surface area contributed by atoms with Gasteiger partial charge in [-0.05, 0) is 37.0 Å². The highest BCUT2D eigenvalue weighted by Crippen LogP contribution is 2.28. The molecule has 5 nitrogen and oxygen atoms in total. The number of hydrogen-bond acceptors (Lipinski definition) is 5. The van der Waals surface area contributed by atoms with Crippen LogP contribution in [-0.4, -0.2) is 40.2 Å². The molecule has 0 saturated carbocycles. The van der Waals surface area contributed by atoms with Crippen molar-refractivity contribution >= 4 is 9.84 Å². The van der Waals surface area contributed by atoms with Crippen molar-refractivity contribution < 1.29 is 17.9 Å². The van der Waals surface area contributed by atoms with E-state index in [1.54, 1.807) is 7.11 Å². The molecule has 0 radical (unpaired) electrons. The Kier molecular flexibility index (Phi) is 6.98. The van der Waals surface area contributed by atoms with Crippen LogP contribution in [0, 0.1) is 0 Å². The highest BCUT2D eigenvalue weighted by molar-refractivity contribution is 7.90. The maximum atomic E-state index is 11.0. The average Bonchev–Trinajstić information content (AvgIpc) is 2.43. The fourth-order valence-corrected chi connectivity index (χ4v) is 2.55. The minimum atomic E-state index is -2.94. The first-order chi connectivity index (χ1) is 9.85. The van der Waals surface area contributed by atoms with Crippen molar-refractivity contribution in [2.24, 2.45) is 5.73 Å². The first kappa shape index (κ1) is 17.8. The summed E-state index contributed by atoms with van der Waals surface area (Å²) in [5.41, 5.74) is 7.05. The minimum absolute atomic E-state index is 0.124. The summed E-state index contributed by atoms with van der Waals surface area (Å²) in [5, 5.41) is 0. The topological polar surface area (TPSA) is 78.6 Å². The predicted molar refractivity (Wildman–Crippen MR) is 84.8 cm³/mol. The molecule has 0 spiro atoms. The van der Waals surface area contributed by atoms with Gasteiger partial charge in [-0.1, -0.05) is 13.0 Å². The molecule has 0 bridgehead atoms. The average molecular weight is 315 g/mol. The third kappa shape index (κ3) is 6.82. The Morgan fingerprint density at radius 3 is 2.57 bits per heavy atom. The highest BCUT2D eigenvalue weighted by atomic mass is 32.2. The second kappa shape index (κ2) is 8.24. The molecule has 0 heterocycles. The van der Waals surface area contributed by atoms with Crippen molar-refractivity contribution in [3.05, 3.63) is 23.8 Å². The first-order valence-electron chi connectivity index (χ1n) is 7.08. The quantitative estimate of drug-likeness (QED) is 0.703. The standard InChI is InChI=1S/C15H25NO4S/c1-4-13(16)10-12-6-7-14(15(11-12)19-2)20-8-5-9-21(3,17)18/h6-7,11,13H,4-5,8-10,16H2,1-3H3. The molecule has 0 fully saturated rings. The van der Waals surface area contributed by atoms with Crippen LogP contribution < -0.4 is 15.2 Å². The van der Waals surface area contributed by atoms with Crippen molar-refractivity contribution in [3.63, 3.8) is 0 Å². The summed E-state index contributed by atoms with van der Waals surface area (Å²) < 4.78 is 33.0. The Labute approximate surface area is 127 Å². The molecule has 0 saturated heterocycles. The van der Waals surface area contributed by atoms with Crippen molar-refractivity contribution in [1.29, 1.82) is 0 Å². The molecule has 6 heteroatoms. The van der Waals surface area contributed by atoms with E-state index in [2.05, 4.69) is 6.92 Å². The van der Waals surface area contributed by atoms with E-state index in [1.807, 2.05) is 18.2 Å². The van der Waals surface area contributed by atoms with Crippen LogP contribution in [0.1, 0.15) is 25.3 Å². The number of nitrogens with two attached hydrogens (primary N) is 1. The maximum absolute atomic E-state index is 11.0. The van der Waals surface area contributed by atoms with Gasteiger partial charge in [0.05, 0.1) is 19.5 Å². The van der Waals surface area contributed by atoms with Crippen LogP contribution in [0.5, 0.6) is 11.5 Å². The lowest BCUT2D eigenvalue weighted by Gasteiger charge is -2.14. The largest absolute Gasteiger partial charge is 0.493 e. The van der Waals surface area contributed by atoms with Gasteiger partial charge >= 0.3 is 0 Å². The molecule has 0 aliphatic rings. The van der Waals surface area contributed by atoms with Gasteiger partial charge in [0.2, 0.25) is 0 Å². The van der Waals surface area contributed by atoms with E-state index < -0.39 is 9.84 Å². The SMILES string of the molecule is CCC(N)Cc1ccc(OCCCS(C)(=O)=O)c(OC)c1. The van der Waals surface area contributed by atoms with Gasteiger partial charge in [0.15, 0.2) is 11.5 Å². The second-order valence-electron chi connectivity index (χ2n) is 5.19. The Bertz CT molecular complexity index is 543. The zero-order valence-corrected chi connectivity index (χ0v) is 13.8. The van der Waals surface area contributed by atoms with Crippen LogP contribution in [0.25, 0.3) is 0 Å². The fourth-order valence-electron chi connectivity index (χ4n) is 1.91. The smallest absolute Gasteiger partial charge is 0.161 e. The molecule has 2 N–H and O–H groups in total. The third-order valence-electron chi connectivity index (χ3n) is 3.17. The molecule has 0 aromatic heterocycles. The lowest BCUT2D eigenvalue weighted by molar-refractivity contribution is 0.294. The van der Waals surface area contributed by atoms with Gasteiger partial charge in [-0.25, -0.2) is 8.42 Å². The summed E-state index contributed by atoms with van der Waals surface area (Å²) in [6, 6.07) is 5.86. The van der Waals surface area contributed by atoms with Crippen molar-refractivity contribution in [3.8, 4) is 11.5 Å². The van der Waals surface area contributed by atoms with Crippen LogP contribution in [0.15, 0.2) is 18.2 Å². The van der Waals surface area contributed by atoms with Gasteiger partial charge in [-0.2, -0.15) is 0 Å². The van der Waals surface area contributed by atoms with Gasteiger partial charge in [-0.15, -0.1) is 0 Å². The monoisotopic (exact) mass is 315 g/mol. The summed E-state index contributed by atoms with van der Waals surface area (Å²) >= 11 is 0. The molecular formula is C15H25NO4S. The van der Waals surface area contributed by atoms with Gasteiger partial charge in [-0.3, -0.25) is 0 Å². The van der Waals surface area contributed by atoms with E-state index in [0.29, 0.717) is 24.5 Å². The van der Waals surface area contributed by atoms with Crippen LogP contribution >= 0.6 is 0 Å². The fraction of sp³-hybridized carbons (Fsp3) is 0.600. The van der Waals surface area contributed by atoms with Crippen molar-refractivity contribution in [1.82, 2.24) is 0 Å². The molecule has 21 heavy (non-hydrogen) atoms. The molecule has 120 valence electrons. The number of benzene rings is 1. The summed E-state index contributed by atoms with van der Waals surface area (Å²) in [4.78, 5) is 0. The Morgan fingerprint density at radius 1 is 1.29 bits per heavy atom. The van der Waals surface area contributed by atoms with E-state index in [9.17, 15) is 8.42 Å². The number of sulfone groups is 1. The minimum Gasteiger partial charge on any atom is -0.493 e. The lowest BCUT2D eigenvalue weighted by atomic mass is 10.0. The van der Waals surface area contributed by atoms with Gasteiger partial charge < -0.3 is 15.2 Å². The molecule has 1 rings (SSSR count). The van der Waals surface area contributed by atoms with Crippen LogP contribution in [-0.2, 0) is 16.3 Å². The zero-order chi connectivity index (χ0) is 15.9. The number of rotatable bonds is 9. The summed E-state index contributed by atoms with van der Waals surface area (Å²) in [6.07, 6.45) is 3.40. The van der Waals surface area contributed by atoms with Crippen LogP contribution in [0.4, 0.5) is 0 Å². The van der Waals surface area contributed by atoms with Gasteiger partial charge in [0.1, 0.15) is 9.84 Å². The van der Waals surface area contributed by atoms with Gasteiger partial charge in [0, 0.05) is 12.3 Å². The van der Waals surface area contributed by atoms with Crippen molar-refractivity contribution in [2.75, 3.05) is 25.7 Å². The maximum Gasteiger partial charge on any atom is 0.161 e. The Hall–Kier alpha value is -1.27. The number of ether oxygens (including phenoxy) is 2. The normalized spacial score (nSPS) is 13.0. The van der Waals surface area contributed by atoms with Crippen LogP contribution in [0.3, 0.4) is 0 Å². The summed E-state index contributed by atoms with van der Waals surface area (Å²) in [5.74, 6) is 1.40. The Balaban J connectivity index is 2.62. The number of hydrogen-bond donors (Lipinski definition) is 1. The molecule has 0 amide bonds. The lowest BCUT2D eigenvalue weighted by Crippen LogP contribution is -2.21. The summed E-state index contributed by atoms with van der Waals surface area (Å²) in [7, 11) is -1.36. The molecule has 1 aromatic rings. The van der Waals surface area contributed by atoms with E-state index in [0.717, 1.165) is 18.4 Å². The Morgan fingerprint density at radius 2 is 2.00 bits per heavy atom. The van der Waals surface area contributed by atoms with Crippen LogP contribution in [0.2, 0.25) is 0 Å². The van der Waals surface area contributed by atoms with E-state index in [4.69, 9.17) is 15.2 Å². The van der Waals surface area contributed by atoms with Gasteiger partial charge in [0.25, 0.3) is 0 Å². The van der Waals surface area contributed by atoms with Crippen molar-refractivity contribution in [2.45, 2.75) is 32.2 Å². The molecule has 1 unspecified atom stereocenters. The summed E-state index contributed by atoms with van der Waals surface area (Å²) in [6.45, 7) is 2.40. The number of methoxy groups -OCH3 is 1. The zero-order valence-electron chi connectivity index (χ0n) is 13.0. The molecule has 0 aliphatic carbocycles. The highest BCUT2D eigenvalue weighted by Gasteiger charge is 2.09. The third-order valence-corrected chi connectivity index (χ3v) is 4.20. The van der Waals surface area contributed by atoms with E-state index >= 15 is 0 Å². The van der Waals surface area contributed by atoms with E-state index in [-0.39, 0.29) is 11.8 Å². The molecule has 1 atom stereocenters. The molecule has 1 aromatic carbocycles. The predicted octanol–water partition coefficient (Wildman–Crippen LogP) is 1.79. The second-order valence-corrected chi connectivity index (χ2v) is 7.45.